The minimum atomic E-state index is -1.09. The first-order valence-electron chi connectivity index (χ1n) is 5.43. The first-order valence-corrected chi connectivity index (χ1v) is 5.87. The van der Waals surface area contributed by atoms with E-state index in [2.05, 4.69) is 12.6 Å². The van der Waals surface area contributed by atoms with Crippen LogP contribution in [0.2, 0.25) is 0 Å². The Balaban J connectivity index is 0.00000162. The molecule has 2 rings (SSSR count). The van der Waals surface area contributed by atoms with Gasteiger partial charge in [-0.3, -0.25) is 4.79 Å². The molecule has 6 heteroatoms. The molecule has 0 saturated heterocycles. The SMILES string of the molecule is Cl.NC(C(=O)O)C(S)(c1ccc(F)cc1)C1CC1. The van der Waals surface area contributed by atoms with E-state index in [1.807, 2.05) is 0 Å². The van der Waals surface area contributed by atoms with Crippen LogP contribution in [0.4, 0.5) is 4.39 Å². The molecule has 2 atom stereocenters. The van der Waals surface area contributed by atoms with Crippen LogP contribution in [-0.2, 0) is 9.54 Å². The van der Waals surface area contributed by atoms with Crippen LogP contribution >= 0.6 is 25.0 Å². The van der Waals surface area contributed by atoms with E-state index < -0.39 is 16.8 Å². The van der Waals surface area contributed by atoms with E-state index in [1.165, 1.54) is 12.1 Å². The van der Waals surface area contributed by atoms with Crippen LogP contribution in [0.15, 0.2) is 24.3 Å². The number of carboxylic acid groups (broad SMARTS) is 1. The standard InChI is InChI=1S/C12H14FNO2S.ClH/c13-9-5-3-8(4-6-9)12(17,7-1-2-7)10(14)11(15)16;/h3-7,10,17H,1-2,14H2,(H,15,16);1H. The predicted octanol–water partition coefficient (Wildman–Crippen LogP) is 2.19. The Morgan fingerprint density at radius 2 is 1.94 bits per heavy atom. The zero-order valence-electron chi connectivity index (χ0n) is 9.54. The van der Waals surface area contributed by atoms with Gasteiger partial charge in [0.15, 0.2) is 0 Å². The van der Waals surface area contributed by atoms with Gasteiger partial charge in [-0.1, -0.05) is 12.1 Å². The summed E-state index contributed by atoms with van der Waals surface area (Å²) in [6.45, 7) is 0. The zero-order chi connectivity index (χ0) is 12.6. The number of thiol groups is 1. The number of aliphatic carboxylic acids is 1. The second kappa shape index (κ2) is 5.47. The minimum Gasteiger partial charge on any atom is -0.480 e. The molecule has 0 heterocycles. The number of benzene rings is 1. The molecule has 1 aliphatic carbocycles. The summed E-state index contributed by atoms with van der Waals surface area (Å²) in [5.41, 5.74) is 6.40. The van der Waals surface area contributed by atoms with Crippen LogP contribution in [0.25, 0.3) is 0 Å². The summed E-state index contributed by atoms with van der Waals surface area (Å²) in [5, 5.41) is 9.06. The number of carboxylic acids is 1. The third-order valence-corrected chi connectivity index (χ3v) is 4.15. The Bertz CT molecular complexity index is 438. The van der Waals surface area contributed by atoms with Gasteiger partial charge in [-0.05, 0) is 36.5 Å². The quantitative estimate of drug-likeness (QED) is 0.745. The molecule has 3 nitrogen and oxygen atoms in total. The van der Waals surface area contributed by atoms with Crippen molar-refractivity contribution in [2.45, 2.75) is 23.6 Å². The topological polar surface area (TPSA) is 63.3 Å². The van der Waals surface area contributed by atoms with Crippen LogP contribution in [0, 0.1) is 11.7 Å². The summed E-state index contributed by atoms with van der Waals surface area (Å²) in [6, 6.07) is 4.63. The van der Waals surface area contributed by atoms with E-state index in [9.17, 15) is 9.18 Å². The third kappa shape index (κ3) is 2.63. The molecule has 1 saturated carbocycles. The van der Waals surface area contributed by atoms with Crippen LogP contribution in [0.1, 0.15) is 18.4 Å². The molecule has 0 aliphatic heterocycles. The number of nitrogens with two attached hydrogens (primary N) is 1. The molecule has 1 aliphatic rings. The second-order valence-electron chi connectivity index (χ2n) is 4.42. The highest BCUT2D eigenvalue weighted by Gasteiger charge is 2.50. The molecule has 0 spiro atoms. The van der Waals surface area contributed by atoms with Crippen LogP contribution < -0.4 is 5.73 Å². The highest BCUT2D eigenvalue weighted by Crippen LogP contribution is 2.51. The number of carbonyl (C=O) groups is 1. The monoisotopic (exact) mass is 291 g/mol. The van der Waals surface area contributed by atoms with E-state index in [0.717, 1.165) is 12.8 Å². The lowest BCUT2D eigenvalue weighted by molar-refractivity contribution is -0.139. The van der Waals surface area contributed by atoms with Gasteiger partial charge >= 0.3 is 5.97 Å². The normalized spacial score (nSPS) is 19.5. The van der Waals surface area contributed by atoms with Crippen molar-refractivity contribution in [3.05, 3.63) is 35.6 Å². The van der Waals surface area contributed by atoms with E-state index in [0.29, 0.717) is 5.56 Å². The summed E-state index contributed by atoms with van der Waals surface area (Å²) < 4.78 is 12.0. The third-order valence-electron chi connectivity index (χ3n) is 3.25. The number of rotatable bonds is 4. The van der Waals surface area contributed by atoms with Crippen molar-refractivity contribution < 1.29 is 14.3 Å². The maximum absolute atomic E-state index is 12.9. The Labute approximate surface area is 116 Å². The minimum absolute atomic E-state index is 0. The van der Waals surface area contributed by atoms with Gasteiger partial charge in [0, 0.05) is 0 Å². The lowest BCUT2D eigenvalue weighted by Gasteiger charge is -2.32. The fraction of sp³-hybridized carbons (Fsp3) is 0.417. The summed E-state index contributed by atoms with van der Waals surface area (Å²) in [4.78, 5) is 11.1. The van der Waals surface area contributed by atoms with Crippen LogP contribution in [0.5, 0.6) is 0 Å². The number of hydrogen-bond acceptors (Lipinski definition) is 3. The summed E-state index contributed by atoms with van der Waals surface area (Å²) >= 11 is 4.51. The molecule has 18 heavy (non-hydrogen) atoms. The van der Waals surface area contributed by atoms with E-state index in [-0.39, 0.29) is 24.1 Å². The van der Waals surface area contributed by atoms with Gasteiger partial charge in [-0.2, -0.15) is 12.6 Å². The lowest BCUT2D eigenvalue weighted by Crippen LogP contribution is -2.48. The second-order valence-corrected chi connectivity index (χ2v) is 5.16. The summed E-state index contributed by atoms with van der Waals surface area (Å²) in [7, 11) is 0. The van der Waals surface area contributed by atoms with Gasteiger partial charge in [-0.25, -0.2) is 4.39 Å². The molecule has 0 aromatic heterocycles. The van der Waals surface area contributed by atoms with Crippen molar-refractivity contribution in [1.82, 2.24) is 0 Å². The van der Waals surface area contributed by atoms with Crippen LogP contribution in [-0.4, -0.2) is 17.1 Å². The lowest BCUT2D eigenvalue weighted by atomic mass is 9.86. The molecule has 1 aromatic rings. The number of halogens is 2. The van der Waals surface area contributed by atoms with Gasteiger partial charge in [-0.15, -0.1) is 12.4 Å². The Morgan fingerprint density at radius 3 is 2.33 bits per heavy atom. The molecular formula is C12H15ClFNO2S. The van der Waals surface area contributed by atoms with E-state index in [1.54, 1.807) is 12.1 Å². The van der Waals surface area contributed by atoms with Gasteiger partial charge in [0.1, 0.15) is 11.9 Å². The molecular weight excluding hydrogens is 277 g/mol. The molecule has 100 valence electrons. The zero-order valence-corrected chi connectivity index (χ0v) is 11.3. The predicted molar refractivity (Wildman–Crippen MR) is 72.6 cm³/mol. The van der Waals surface area contributed by atoms with Gasteiger partial charge < -0.3 is 10.8 Å². The molecule has 1 fully saturated rings. The average Bonchev–Trinajstić information content (AvgIpc) is 3.12. The van der Waals surface area contributed by atoms with Gasteiger partial charge in [0.2, 0.25) is 0 Å². The Morgan fingerprint density at radius 1 is 1.44 bits per heavy atom. The van der Waals surface area contributed by atoms with E-state index in [4.69, 9.17) is 10.8 Å². The summed E-state index contributed by atoms with van der Waals surface area (Å²) in [5.74, 6) is -1.30. The fourth-order valence-corrected chi connectivity index (χ4v) is 2.62. The van der Waals surface area contributed by atoms with Crippen LogP contribution in [0.3, 0.4) is 0 Å². The van der Waals surface area contributed by atoms with Crippen molar-refractivity contribution in [2.24, 2.45) is 11.7 Å². The van der Waals surface area contributed by atoms with Crippen molar-refractivity contribution in [3.8, 4) is 0 Å². The van der Waals surface area contributed by atoms with Gasteiger partial charge in [0.05, 0.1) is 4.75 Å². The molecule has 0 bridgehead atoms. The molecule has 0 radical (unpaired) electrons. The fourth-order valence-electron chi connectivity index (χ4n) is 2.10. The van der Waals surface area contributed by atoms with Crippen molar-refractivity contribution in [3.63, 3.8) is 0 Å². The first kappa shape index (κ1) is 15.3. The van der Waals surface area contributed by atoms with Crippen molar-refractivity contribution in [2.75, 3.05) is 0 Å². The molecule has 2 unspecified atom stereocenters. The highest BCUT2D eigenvalue weighted by atomic mass is 35.5. The molecule has 0 amide bonds. The Kier molecular flexibility index (Phi) is 4.64. The highest BCUT2D eigenvalue weighted by molar-refractivity contribution is 7.81. The van der Waals surface area contributed by atoms with Gasteiger partial charge in [0.25, 0.3) is 0 Å². The Hall–Kier alpha value is -0.780. The maximum Gasteiger partial charge on any atom is 0.322 e. The maximum atomic E-state index is 12.9. The van der Waals surface area contributed by atoms with Crippen molar-refractivity contribution >= 4 is 31.0 Å². The average molecular weight is 292 g/mol. The largest absolute Gasteiger partial charge is 0.480 e. The number of hydrogen-bond donors (Lipinski definition) is 3. The summed E-state index contributed by atoms with van der Waals surface area (Å²) in [6.07, 6.45) is 1.81. The smallest absolute Gasteiger partial charge is 0.322 e. The van der Waals surface area contributed by atoms with Crippen molar-refractivity contribution in [1.29, 1.82) is 0 Å². The first-order chi connectivity index (χ1) is 7.96. The molecule has 1 aromatic carbocycles. The molecule has 3 N–H and O–H groups in total. The van der Waals surface area contributed by atoms with E-state index >= 15 is 0 Å².